The van der Waals surface area contributed by atoms with Crippen molar-refractivity contribution >= 4 is 23.5 Å². The number of ether oxygens (including phenoxy) is 1. The Bertz CT molecular complexity index is 1080. The molecule has 0 radical (unpaired) electrons. The number of amides is 1. The highest BCUT2D eigenvalue weighted by atomic mass is 32.1. The zero-order valence-electron chi connectivity index (χ0n) is 24.7. The van der Waals surface area contributed by atoms with Crippen molar-refractivity contribution in [1.29, 1.82) is 0 Å². The van der Waals surface area contributed by atoms with Gasteiger partial charge in [0.15, 0.2) is 0 Å². The molecule has 0 spiro atoms. The summed E-state index contributed by atoms with van der Waals surface area (Å²) in [5, 5.41) is 3.35. The third kappa shape index (κ3) is 9.73. The van der Waals surface area contributed by atoms with E-state index in [0.29, 0.717) is 5.92 Å². The second-order valence-electron chi connectivity index (χ2n) is 11.1. The molecule has 1 aliphatic carbocycles. The summed E-state index contributed by atoms with van der Waals surface area (Å²) in [6.07, 6.45) is 17.1. The number of carbonyl (C=O) groups is 2. The second-order valence-corrected chi connectivity index (χ2v) is 12.0. The van der Waals surface area contributed by atoms with E-state index in [2.05, 4.69) is 57.2 Å². The van der Waals surface area contributed by atoms with Crippen LogP contribution in [0.15, 0.2) is 29.8 Å². The van der Waals surface area contributed by atoms with Crippen LogP contribution in [0.5, 0.6) is 0 Å². The Morgan fingerprint density at radius 1 is 1.12 bits per heavy atom. The van der Waals surface area contributed by atoms with E-state index in [4.69, 9.17) is 10.5 Å². The topological polar surface area (TPSA) is 101 Å². The summed E-state index contributed by atoms with van der Waals surface area (Å²) in [5.74, 6) is 0.622. The molecule has 1 aromatic heterocycles. The van der Waals surface area contributed by atoms with Crippen molar-refractivity contribution in [3.8, 4) is 23.3 Å². The van der Waals surface area contributed by atoms with Crippen molar-refractivity contribution < 1.29 is 14.3 Å². The Morgan fingerprint density at radius 2 is 1.80 bits per heavy atom. The van der Waals surface area contributed by atoms with Crippen LogP contribution in [0, 0.1) is 25.7 Å². The zero-order chi connectivity index (χ0) is 29.6. The number of terminal acetylenes is 1. The van der Waals surface area contributed by atoms with Gasteiger partial charge in [0.25, 0.3) is 0 Å². The molecule has 3 N–H and O–H groups in total. The molecule has 1 amide bonds. The van der Waals surface area contributed by atoms with E-state index >= 15 is 0 Å². The number of aldehydes is 1. The molecule has 1 saturated carbocycles. The highest BCUT2D eigenvalue weighted by molar-refractivity contribution is 7.13. The SMILES string of the molecule is C#C.Cc1ncsc1-c1ccc(C(CN2CCOCC2)NC(=O)C2CCCN2C)cc1.NC(C=O)C1CCCCC1. The molecule has 8 nitrogen and oxygen atoms in total. The average molecular weight is 582 g/mol. The quantitative estimate of drug-likeness (QED) is 0.358. The summed E-state index contributed by atoms with van der Waals surface area (Å²) in [5.41, 5.74) is 10.9. The molecular weight excluding hydrogens is 534 g/mol. The summed E-state index contributed by atoms with van der Waals surface area (Å²) in [4.78, 5) is 33.4. The lowest BCUT2D eigenvalue weighted by Crippen LogP contribution is -2.47. The van der Waals surface area contributed by atoms with Gasteiger partial charge in [-0.05, 0) is 63.2 Å². The van der Waals surface area contributed by atoms with Gasteiger partial charge in [-0.25, -0.2) is 4.98 Å². The number of rotatable bonds is 8. The molecule has 3 fully saturated rings. The minimum absolute atomic E-state index is 0.0127. The van der Waals surface area contributed by atoms with Crippen molar-refractivity contribution in [3.05, 3.63) is 41.0 Å². The predicted octanol–water partition coefficient (Wildman–Crippen LogP) is 4.04. The number of aryl methyl sites for hydroxylation is 1. The van der Waals surface area contributed by atoms with Crippen LogP contribution in [0.4, 0.5) is 0 Å². The molecular formula is C32H47N5O3S. The molecule has 9 heteroatoms. The first kappa shape index (κ1) is 32.9. The first-order valence-electron chi connectivity index (χ1n) is 14.8. The van der Waals surface area contributed by atoms with Gasteiger partial charge in [-0.2, -0.15) is 0 Å². The lowest BCUT2D eigenvalue weighted by Gasteiger charge is -2.32. The summed E-state index contributed by atoms with van der Waals surface area (Å²) in [6.45, 7) is 7.19. The Hall–Kier alpha value is -2.61. The number of aromatic nitrogens is 1. The van der Waals surface area contributed by atoms with E-state index in [-0.39, 0.29) is 24.0 Å². The number of likely N-dealkylation sites (tertiary alicyclic amines) is 1. The number of nitrogens with one attached hydrogen (secondary N) is 1. The van der Waals surface area contributed by atoms with Gasteiger partial charge in [-0.1, -0.05) is 43.5 Å². The Kier molecular flexibility index (Phi) is 13.9. The molecule has 5 rings (SSSR count). The minimum Gasteiger partial charge on any atom is -0.379 e. The number of morpholine rings is 1. The number of likely N-dealkylation sites (N-methyl/N-ethyl adjacent to an activating group) is 1. The highest BCUT2D eigenvalue weighted by Crippen LogP contribution is 2.29. The summed E-state index contributed by atoms with van der Waals surface area (Å²) >= 11 is 1.66. The number of thiazole rings is 1. The van der Waals surface area contributed by atoms with E-state index in [1.165, 1.54) is 29.7 Å². The van der Waals surface area contributed by atoms with Gasteiger partial charge in [0.2, 0.25) is 5.91 Å². The van der Waals surface area contributed by atoms with Crippen molar-refractivity contribution in [3.63, 3.8) is 0 Å². The Morgan fingerprint density at radius 3 is 2.37 bits per heavy atom. The Labute approximate surface area is 250 Å². The van der Waals surface area contributed by atoms with Crippen LogP contribution in [-0.2, 0) is 14.3 Å². The van der Waals surface area contributed by atoms with Gasteiger partial charge in [0.05, 0.1) is 47.4 Å². The first-order valence-corrected chi connectivity index (χ1v) is 15.7. The number of carbonyl (C=O) groups excluding carboxylic acids is 2. The number of nitrogens with two attached hydrogens (primary N) is 1. The molecule has 3 atom stereocenters. The van der Waals surface area contributed by atoms with Crippen LogP contribution in [0.2, 0.25) is 0 Å². The third-order valence-corrected chi connectivity index (χ3v) is 9.33. The number of benzene rings is 1. The van der Waals surface area contributed by atoms with E-state index in [1.54, 1.807) is 11.3 Å². The standard InChI is InChI=1S/C22H30N4O2S.C8H15NO.C2H2/c1-16-21(29-15-23-16)18-7-5-17(6-8-18)19(14-26-10-12-28-13-11-26)24-22(27)20-4-3-9-25(20)2;9-8(6-10)7-4-2-1-3-5-7;1-2/h5-8,15,19-20H,3-4,9-14H2,1-2H3,(H,24,27);6-8H,1-5,9H2;1-2H. The van der Waals surface area contributed by atoms with Gasteiger partial charge in [-0.15, -0.1) is 24.2 Å². The second kappa shape index (κ2) is 17.4. The van der Waals surface area contributed by atoms with Gasteiger partial charge >= 0.3 is 0 Å². The predicted molar refractivity (Wildman–Crippen MR) is 167 cm³/mol. The fraction of sp³-hybridized carbons (Fsp3) is 0.594. The normalized spacial score (nSPS) is 21.4. The Balaban J connectivity index is 0.000000324. The van der Waals surface area contributed by atoms with Gasteiger partial charge in [-0.3, -0.25) is 14.6 Å². The first-order chi connectivity index (χ1) is 20.0. The number of hydrogen-bond acceptors (Lipinski definition) is 8. The van der Waals surface area contributed by atoms with E-state index in [1.807, 2.05) is 19.5 Å². The lowest BCUT2D eigenvalue weighted by atomic mass is 9.85. The van der Waals surface area contributed by atoms with E-state index in [9.17, 15) is 9.59 Å². The maximum absolute atomic E-state index is 13.0. The monoisotopic (exact) mass is 581 g/mol. The number of hydrogen-bond donors (Lipinski definition) is 2. The van der Waals surface area contributed by atoms with Gasteiger partial charge < -0.3 is 20.6 Å². The van der Waals surface area contributed by atoms with Crippen molar-refractivity contribution in [1.82, 2.24) is 20.1 Å². The maximum atomic E-state index is 13.0. The van der Waals surface area contributed by atoms with Crippen LogP contribution in [0.1, 0.15) is 62.2 Å². The fourth-order valence-electron chi connectivity index (χ4n) is 5.86. The van der Waals surface area contributed by atoms with Gasteiger partial charge in [0, 0.05) is 19.6 Å². The van der Waals surface area contributed by atoms with Gasteiger partial charge in [0.1, 0.15) is 6.29 Å². The van der Waals surface area contributed by atoms with Crippen molar-refractivity contribution in [2.75, 3.05) is 46.4 Å². The van der Waals surface area contributed by atoms with Crippen LogP contribution >= 0.6 is 11.3 Å². The van der Waals surface area contributed by atoms with E-state index < -0.39 is 0 Å². The molecule has 2 aromatic rings. The highest BCUT2D eigenvalue weighted by Gasteiger charge is 2.30. The smallest absolute Gasteiger partial charge is 0.237 e. The third-order valence-electron chi connectivity index (χ3n) is 8.36. The fourth-order valence-corrected chi connectivity index (χ4v) is 6.67. The molecule has 2 saturated heterocycles. The summed E-state index contributed by atoms with van der Waals surface area (Å²) in [7, 11) is 2.04. The molecule has 0 bridgehead atoms. The largest absolute Gasteiger partial charge is 0.379 e. The molecule has 3 heterocycles. The van der Waals surface area contributed by atoms with Crippen LogP contribution in [0.3, 0.4) is 0 Å². The summed E-state index contributed by atoms with van der Waals surface area (Å²) in [6, 6.07) is 8.37. The van der Waals surface area contributed by atoms with Crippen LogP contribution in [-0.4, -0.2) is 85.5 Å². The average Bonchev–Trinajstić information content (AvgIpc) is 3.66. The minimum atomic E-state index is -0.194. The van der Waals surface area contributed by atoms with Crippen LogP contribution in [0.25, 0.3) is 10.4 Å². The molecule has 41 heavy (non-hydrogen) atoms. The van der Waals surface area contributed by atoms with Crippen molar-refractivity contribution in [2.45, 2.75) is 70.0 Å². The molecule has 3 unspecified atom stereocenters. The molecule has 1 aromatic carbocycles. The van der Waals surface area contributed by atoms with Crippen LogP contribution < -0.4 is 11.1 Å². The summed E-state index contributed by atoms with van der Waals surface area (Å²) < 4.78 is 5.49. The maximum Gasteiger partial charge on any atom is 0.237 e. The number of nitrogens with zero attached hydrogens (tertiary/aromatic N) is 3. The molecule has 3 aliphatic rings. The van der Waals surface area contributed by atoms with Crippen molar-refractivity contribution in [2.24, 2.45) is 11.7 Å². The molecule has 224 valence electrons. The lowest BCUT2D eigenvalue weighted by molar-refractivity contribution is -0.126. The van der Waals surface area contributed by atoms with E-state index in [0.717, 1.165) is 82.6 Å². The molecule has 2 aliphatic heterocycles. The zero-order valence-corrected chi connectivity index (χ0v) is 25.5.